The second-order valence-electron chi connectivity index (χ2n) is 2.42. The Bertz CT molecular complexity index is 182. The molecule has 0 aromatic rings. The van der Waals surface area contributed by atoms with Gasteiger partial charge in [0.2, 0.25) is 0 Å². The van der Waals surface area contributed by atoms with Gasteiger partial charge < -0.3 is 30.6 Å². The van der Waals surface area contributed by atoms with Gasteiger partial charge in [0.05, 0.1) is 6.61 Å². The van der Waals surface area contributed by atoms with E-state index in [0.717, 1.165) is 0 Å². The third-order valence-corrected chi connectivity index (χ3v) is 1.39. The lowest BCUT2D eigenvalue weighted by Crippen LogP contribution is -2.44. The van der Waals surface area contributed by atoms with Crippen LogP contribution in [0, 0.1) is 0 Å². The van der Waals surface area contributed by atoms with Crippen molar-refractivity contribution >= 4 is 12.3 Å². The fourth-order valence-electron chi connectivity index (χ4n) is 0.602. The van der Waals surface area contributed by atoms with Crippen LogP contribution in [0.5, 0.6) is 0 Å². The van der Waals surface area contributed by atoms with Crippen LogP contribution in [-0.2, 0) is 9.59 Å². The minimum Gasteiger partial charge on any atom is -0.483 e. The molecule has 0 heterocycles. The quantitative estimate of drug-likeness (QED) is 0.262. The van der Waals surface area contributed by atoms with E-state index in [1.807, 2.05) is 0 Å². The van der Waals surface area contributed by atoms with Gasteiger partial charge in [-0.2, -0.15) is 0 Å². The van der Waals surface area contributed by atoms with E-state index in [0.29, 0.717) is 0 Å². The van der Waals surface area contributed by atoms with Crippen molar-refractivity contribution in [3.05, 3.63) is 0 Å². The van der Waals surface area contributed by atoms with E-state index in [4.69, 9.17) is 35.4 Å². The summed E-state index contributed by atoms with van der Waals surface area (Å²) >= 11 is 0. The summed E-state index contributed by atoms with van der Waals surface area (Å²) in [4.78, 5) is 18.9. The molecule has 0 amide bonds. The molecule has 0 bridgehead atoms. The molecule has 0 aliphatic rings. The predicted octanol–water partition coefficient (Wildman–Crippen LogP) is -3.68. The Kier molecular flexibility index (Phi) is 10.4. The van der Waals surface area contributed by atoms with E-state index >= 15 is 0 Å². The maximum Gasteiger partial charge on any atom is 0.290 e. The highest BCUT2D eigenvalue weighted by Gasteiger charge is 2.28. The number of carbonyl (C=O) groups excluding carboxylic acids is 1. The summed E-state index contributed by atoms with van der Waals surface area (Å²) in [5.41, 5.74) is 0. The van der Waals surface area contributed by atoms with Crippen molar-refractivity contribution < 1.29 is 40.2 Å². The van der Waals surface area contributed by atoms with E-state index in [-0.39, 0.29) is 6.47 Å². The van der Waals surface area contributed by atoms with Crippen LogP contribution >= 0.6 is 0 Å². The molecule has 0 aromatic carbocycles. The Morgan fingerprint density at radius 2 is 1.60 bits per heavy atom. The van der Waals surface area contributed by atoms with Gasteiger partial charge in [-0.15, -0.1) is 0 Å². The molecule has 0 rings (SSSR count). The first kappa shape index (κ1) is 16.4. The minimum atomic E-state index is -1.86. The lowest BCUT2D eigenvalue weighted by Gasteiger charge is -2.19. The second-order valence-corrected chi connectivity index (χ2v) is 2.42. The number of Topliss-reactive ketones (excluding diaryl/α,β-unsaturated/α-hetero) is 1. The van der Waals surface area contributed by atoms with Crippen LogP contribution in [0.25, 0.3) is 0 Å². The number of aliphatic hydroxyl groups is 5. The molecule has 3 atom stereocenters. The maximum atomic E-state index is 10.5. The van der Waals surface area contributed by atoms with Crippen molar-refractivity contribution in [1.29, 1.82) is 0 Å². The topological polar surface area (TPSA) is 156 Å². The Balaban J connectivity index is 0. The molecule has 8 heteroatoms. The van der Waals surface area contributed by atoms with Crippen LogP contribution in [-0.4, -0.2) is 74.4 Å². The minimum absolute atomic E-state index is 0.250. The molecule has 8 nitrogen and oxygen atoms in total. The molecular formula is C7H14O8. The highest BCUT2D eigenvalue weighted by molar-refractivity contribution is 5.84. The van der Waals surface area contributed by atoms with Gasteiger partial charge in [-0.05, 0) is 0 Å². The van der Waals surface area contributed by atoms with Crippen molar-refractivity contribution in [3.8, 4) is 0 Å². The Morgan fingerprint density at radius 3 is 1.87 bits per heavy atom. The molecule has 0 radical (unpaired) electrons. The third kappa shape index (κ3) is 6.94. The van der Waals surface area contributed by atoms with Crippen molar-refractivity contribution in [2.75, 3.05) is 13.2 Å². The summed E-state index contributed by atoms with van der Waals surface area (Å²) in [6.07, 6.45) is -5.22. The molecule has 0 aliphatic heterocycles. The second kappa shape index (κ2) is 9.49. The molecule has 6 N–H and O–H groups in total. The number of hydrogen-bond acceptors (Lipinski definition) is 7. The van der Waals surface area contributed by atoms with Crippen molar-refractivity contribution in [1.82, 2.24) is 0 Å². The summed E-state index contributed by atoms with van der Waals surface area (Å²) in [6.45, 7) is -1.94. The first-order valence-electron chi connectivity index (χ1n) is 3.82. The maximum absolute atomic E-state index is 10.5. The van der Waals surface area contributed by atoms with Crippen LogP contribution in [0.4, 0.5) is 0 Å². The van der Waals surface area contributed by atoms with E-state index in [1.165, 1.54) is 0 Å². The number of carboxylic acid groups (broad SMARTS) is 1. The summed E-state index contributed by atoms with van der Waals surface area (Å²) in [5.74, 6) is -1.00. The van der Waals surface area contributed by atoms with E-state index in [9.17, 15) is 4.79 Å². The number of rotatable bonds is 5. The average molecular weight is 226 g/mol. The summed E-state index contributed by atoms with van der Waals surface area (Å²) in [7, 11) is 0. The molecule has 15 heavy (non-hydrogen) atoms. The van der Waals surface area contributed by atoms with Gasteiger partial charge in [0.25, 0.3) is 6.47 Å². The zero-order valence-electron chi connectivity index (χ0n) is 7.72. The van der Waals surface area contributed by atoms with Crippen molar-refractivity contribution in [2.24, 2.45) is 0 Å². The van der Waals surface area contributed by atoms with Crippen molar-refractivity contribution in [2.45, 2.75) is 18.3 Å². The van der Waals surface area contributed by atoms with Gasteiger partial charge in [0.1, 0.15) is 24.9 Å². The van der Waals surface area contributed by atoms with E-state index < -0.39 is 37.3 Å². The molecule has 0 saturated heterocycles. The van der Waals surface area contributed by atoms with Gasteiger partial charge in [-0.1, -0.05) is 0 Å². The predicted molar refractivity (Wildman–Crippen MR) is 45.9 cm³/mol. The number of aliphatic hydroxyl groups excluding tert-OH is 5. The van der Waals surface area contributed by atoms with Gasteiger partial charge in [-0.3, -0.25) is 9.59 Å². The van der Waals surface area contributed by atoms with Crippen LogP contribution in [0.15, 0.2) is 0 Å². The zero-order valence-corrected chi connectivity index (χ0v) is 7.72. The normalized spacial score (nSPS) is 15.5. The summed E-state index contributed by atoms with van der Waals surface area (Å²) < 4.78 is 0. The first-order valence-corrected chi connectivity index (χ1v) is 3.82. The van der Waals surface area contributed by atoms with Gasteiger partial charge in [0.15, 0.2) is 5.78 Å². The smallest absolute Gasteiger partial charge is 0.290 e. The van der Waals surface area contributed by atoms with Crippen LogP contribution in [0.3, 0.4) is 0 Å². The average Bonchev–Trinajstić information content (AvgIpc) is 2.25. The van der Waals surface area contributed by atoms with Crippen LogP contribution in [0.2, 0.25) is 0 Å². The highest BCUT2D eigenvalue weighted by Crippen LogP contribution is 2.00. The molecule has 0 unspecified atom stereocenters. The largest absolute Gasteiger partial charge is 0.483 e. The molecular weight excluding hydrogens is 212 g/mol. The van der Waals surface area contributed by atoms with Gasteiger partial charge >= 0.3 is 0 Å². The molecule has 0 fully saturated rings. The Labute approximate surface area is 85.0 Å². The van der Waals surface area contributed by atoms with E-state index in [1.54, 1.807) is 0 Å². The standard InChI is InChI=1S/C6H12O6.CH2O2/c7-1-3(9)5(11)6(12)4(10)2-8;2-1-3/h3,5-9,11-12H,1-2H2;1H,(H,2,3)/t3-,5-,6-;/m1./s1. The van der Waals surface area contributed by atoms with Crippen molar-refractivity contribution in [3.63, 3.8) is 0 Å². The lowest BCUT2D eigenvalue weighted by atomic mass is 10.1. The third-order valence-electron chi connectivity index (χ3n) is 1.39. The fourth-order valence-corrected chi connectivity index (χ4v) is 0.602. The zero-order chi connectivity index (χ0) is 12.4. The molecule has 0 saturated carbocycles. The number of carbonyl (C=O) groups is 2. The van der Waals surface area contributed by atoms with Gasteiger partial charge in [-0.25, -0.2) is 0 Å². The first-order chi connectivity index (χ1) is 6.95. The van der Waals surface area contributed by atoms with Crippen LogP contribution in [0.1, 0.15) is 0 Å². The monoisotopic (exact) mass is 226 g/mol. The molecule has 0 aromatic heterocycles. The number of ketones is 1. The SMILES string of the molecule is O=C(CO)[C@@H](O)[C@H](O)[C@H](O)CO.O=CO. The van der Waals surface area contributed by atoms with Crippen LogP contribution < -0.4 is 0 Å². The molecule has 90 valence electrons. The summed E-state index contributed by atoms with van der Waals surface area (Å²) in [5, 5.41) is 49.9. The Hall–Kier alpha value is -1.06. The molecule has 0 aliphatic carbocycles. The number of hydrogen-bond donors (Lipinski definition) is 6. The summed E-state index contributed by atoms with van der Waals surface area (Å²) in [6, 6.07) is 0. The van der Waals surface area contributed by atoms with Gasteiger partial charge in [0, 0.05) is 0 Å². The Morgan fingerprint density at radius 1 is 1.20 bits per heavy atom. The van der Waals surface area contributed by atoms with E-state index in [2.05, 4.69) is 0 Å². The lowest BCUT2D eigenvalue weighted by molar-refractivity contribution is -0.142. The highest BCUT2D eigenvalue weighted by atomic mass is 16.4. The molecule has 0 spiro atoms. The fraction of sp³-hybridized carbons (Fsp3) is 0.714.